The Kier molecular flexibility index (Phi) is 1.63. The highest BCUT2D eigenvalue weighted by Gasteiger charge is 2.25. The Balaban J connectivity index is 1.95. The van der Waals surface area contributed by atoms with Gasteiger partial charge < -0.3 is 10.1 Å². The molecule has 13 heavy (non-hydrogen) atoms. The third kappa shape index (κ3) is 1.09. The van der Waals surface area contributed by atoms with Gasteiger partial charge in [-0.2, -0.15) is 5.10 Å². The molecule has 0 aromatic carbocycles. The zero-order valence-electron chi connectivity index (χ0n) is 7.49. The Morgan fingerprint density at radius 3 is 3.23 bits per heavy atom. The summed E-state index contributed by atoms with van der Waals surface area (Å²) in [5.74, 6) is 0. The minimum atomic E-state index is 0.502. The molecule has 1 saturated heterocycles. The van der Waals surface area contributed by atoms with Crippen LogP contribution in [0.1, 0.15) is 17.3 Å². The Morgan fingerprint density at radius 2 is 2.46 bits per heavy atom. The van der Waals surface area contributed by atoms with E-state index in [-0.39, 0.29) is 0 Å². The lowest BCUT2D eigenvalue weighted by Crippen LogP contribution is -2.34. The van der Waals surface area contributed by atoms with Crippen LogP contribution in [0.4, 0.5) is 0 Å². The summed E-state index contributed by atoms with van der Waals surface area (Å²) in [4.78, 5) is 0. The molecule has 0 saturated carbocycles. The van der Waals surface area contributed by atoms with Gasteiger partial charge in [0.25, 0.3) is 0 Å². The molecule has 1 fully saturated rings. The van der Waals surface area contributed by atoms with E-state index in [1.807, 2.05) is 6.20 Å². The summed E-state index contributed by atoms with van der Waals surface area (Å²) in [6.07, 6.45) is 3.09. The van der Waals surface area contributed by atoms with E-state index in [0.717, 1.165) is 32.7 Å². The maximum absolute atomic E-state index is 5.17. The lowest BCUT2D eigenvalue weighted by molar-refractivity contribution is -0.0299. The number of ether oxygens (including phenoxy) is 1. The van der Waals surface area contributed by atoms with Crippen LogP contribution in [0.15, 0.2) is 6.20 Å². The molecule has 0 spiro atoms. The second-order valence-electron chi connectivity index (χ2n) is 3.68. The maximum atomic E-state index is 5.17. The molecule has 70 valence electrons. The molecule has 0 aliphatic carbocycles. The van der Waals surface area contributed by atoms with E-state index in [2.05, 4.69) is 15.1 Å². The highest BCUT2D eigenvalue weighted by atomic mass is 16.5. The first-order valence-electron chi connectivity index (χ1n) is 4.79. The summed E-state index contributed by atoms with van der Waals surface area (Å²) < 4.78 is 7.33. The van der Waals surface area contributed by atoms with Gasteiger partial charge in [-0.25, -0.2) is 0 Å². The molecule has 2 aliphatic heterocycles. The quantitative estimate of drug-likeness (QED) is 0.664. The number of nitrogens with zero attached hydrogens (tertiary/aromatic N) is 2. The van der Waals surface area contributed by atoms with Crippen molar-refractivity contribution in [1.29, 1.82) is 0 Å². The molecule has 0 atom stereocenters. The van der Waals surface area contributed by atoms with Gasteiger partial charge in [0.15, 0.2) is 0 Å². The average Bonchev–Trinajstić information content (AvgIpc) is 2.47. The van der Waals surface area contributed by atoms with Gasteiger partial charge in [0.2, 0.25) is 0 Å². The summed E-state index contributed by atoms with van der Waals surface area (Å²) in [6.45, 7) is 3.72. The molecule has 1 aromatic heterocycles. The van der Waals surface area contributed by atoms with E-state index in [4.69, 9.17) is 4.74 Å². The predicted molar refractivity (Wildman–Crippen MR) is 47.5 cm³/mol. The molecule has 1 aromatic rings. The topological polar surface area (TPSA) is 39.1 Å². The van der Waals surface area contributed by atoms with Gasteiger partial charge >= 0.3 is 0 Å². The minimum Gasteiger partial charge on any atom is -0.377 e. The van der Waals surface area contributed by atoms with Crippen molar-refractivity contribution in [3.8, 4) is 0 Å². The van der Waals surface area contributed by atoms with Crippen molar-refractivity contribution >= 4 is 0 Å². The number of aromatic nitrogens is 2. The Bertz CT molecular complexity index is 317. The normalized spacial score (nSPS) is 22.5. The van der Waals surface area contributed by atoms with Crippen LogP contribution in [0.25, 0.3) is 0 Å². The van der Waals surface area contributed by atoms with Crippen molar-refractivity contribution in [1.82, 2.24) is 15.1 Å². The fraction of sp³-hybridized carbons (Fsp3) is 0.667. The van der Waals surface area contributed by atoms with Crippen molar-refractivity contribution in [3.63, 3.8) is 0 Å². The first-order valence-corrected chi connectivity index (χ1v) is 4.79. The molecule has 4 nitrogen and oxygen atoms in total. The molecule has 3 heterocycles. The molecule has 4 heteroatoms. The van der Waals surface area contributed by atoms with Crippen molar-refractivity contribution in [2.45, 2.75) is 19.0 Å². The summed E-state index contributed by atoms with van der Waals surface area (Å²) >= 11 is 0. The molecule has 3 rings (SSSR count). The third-order valence-electron chi connectivity index (χ3n) is 2.81. The Morgan fingerprint density at radius 1 is 1.54 bits per heavy atom. The van der Waals surface area contributed by atoms with Crippen LogP contribution >= 0.6 is 0 Å². The summed E-state index contributed by atoms with van der Waals surface area (Å²) in [7, 11) is 0. The van der Waals surface area contributed by atoms with Gasteiger partial charge in [-0.05, 0) is 0 Å². The van der Waals surface area contributed by atoms with E-state index in [1.54, 1.807) is 0 Å². The fourth-order valence-corrected chi connectivity index (χ4v) is 1.95. The number of fused-ring (bicyclic) bond motifs is 1. The van der Waals surface area contributed by atoms with Crippen LogP contribution in [-0.2, 0) is 17.7 Å². The highest BCUT2D eigenvalue weighted by molar-refractivity contribution is 5.21. The lowest BCUT2D eigenvalue weighted by Gasteiger charge is -2.28. The molecule has 0 bridgehead atoms. The number of rotatable bonds is 1. The minimum absolute atomic E-state index is 0.502. The Labute approximate surface area is 76.9 Å². The number of nitrogens with one attached hydrogen (secondary N) is 1. The first kappa shape index (κ1) is 7.53. The van der Waals surface area contributed by atoms with Gasteiger partial charge in [-0.3, -0.25) is 4.68 Å². The van der Waals surface area contributed by atoms with Gasteiger partial charge in [-0.15, -0.1) is 0 Å². The van der Waals surface area contributed by atoms with Gasteiger partial charge in [0.05, 0.1) is 25.5 Å². The first-order chi connectivity index (χ1) is 6.45. The van der Waals surface area contributed by atoms with Crippen LogP contribution in [-0.4, -0.2) is 29.5 Å². The largest absolute Gasteiger partial charge is 0.377 e. The molecule has 1 N–H and O–H groups in total. The summed E-state index contributed by atoms with van der Waals surface area (Å²) in [5, 5.41) is 7.76. The summed E-state index contributed by atoms with van der Waals surface area (Å²) in [6, 6.07) is 0.502. The van der Waals surface area contributed by atoms with Crippen molar-refractivity contribution in [2.24, 2.45) is 0 Å². The number of hydrogen-bond acceptors (Lipinski definition) is 3. The molecule has 0 unspecified atom stereocenters. The fourth-order valence-electron chi connectivity index (χ4n) is 1.95. The van der Waals surface area contributed by atoms with Crippen LogP contribution < -0.4 is 5.32 Å². The van der Waals surface area contributed by atoms with Crippen LogP contribution in [0.2, 0.25) is 0 Å². The van der Waals surface area contributed by atoms with Gasteiger partial charge in [0, 0.05) is 30.8 Å². The van der Waals surface area contributed by atoms with Crippen LogP contribution in [0, 0.1) is 0 Å². The van der Waals surface area contributed by atoms with Gasteiger partial charge in [-0.1, -0.05) is 0 Å². The standard InChI is InChI=1S/C9H13N3O/c1-2-10-3-7-4-11-12(9(1)7)8-5-13-6-8/h4,8,10H,1-3,5-6H2. The molecular weight excluding hydrogens is 166 g/mol. The average molecular weight is 179 g/mol. The predicted octanol–water partition coefficient (Wildman–Crippen LogP) is 0.100. The smallest absolute Gasteiger partial charge is 0.0988 e. The lowest BCUT2D eigenvalue weighted by atomic mass is 10.1. The van der Waals surface area contributed by atoms with Gasteiger partial charge in [0.1, 0.15) is 0 Å². The second kappa shape index (κ2) is 2.82. The van der Waals surface area contributed by atoms with E-state index in [9.17, 15) is 0 Å². The van der Waals surface area contributed by atoms with E-state index < -0.39 is 0 Å². The molecule has 2 aliphatic rings. The molecule has 0 amide bonds. The maximum Gasteiger partial charge on any atom is 0.0988 e. The monoisotopic (exact) mass is 179 g/mol. The SMILES string of the molecule is c1nn(C2COC2)c2c1CNCC2. The highest BCUT2D eigenvalue weighted by Crippen LogP contribution is 2.22. The third-order valence-corrected chi connectivity index (χ3v) is 2.81. The van der Waals surface area contributed by atoms with Crippen molar-refractivity contribution in [2.75, 3.05) is 19.8 Å². The van der Waals surface area contributed by atoms with Crippen LogP contribution in [0.3, 0.4) is 0 Å². The number of hydrogen-bond donors (Lipinski definition) is 1. The Hall–Kier alpha value is -0.870. The zero-order valence-corrected chi connectivity index (χ0v) is 7.49. The molecular formula is C9H13N3O. The van der Waals surface area contributed by atoms with Crippen LogP contribution in [0.5, 0.6) is 0 Å². The van der Waals surface area contributed by atoms with Crippen molar-refractivity contribution < 1.29 is 4.74 Å². The second-order valence-corrected chi connectivity index (χ2v) is 3.68. The molecule has 0 radical (unpaired) electrons. The van der Waals surface area contributed by atoms with E-state index in [1.165, 1.54) is 11.3 Å². The summed E-state index contributed by atoms with van der Waals surface area (Å²) in [5.41, 5.74) is 2.77. The van der Waals surface area contributed by atoms with E-state index in [0.29, 0.717) is 6.04 Å². The van der Waals surface area contributed by atoms with E-state index >= 15 is 0 Å². The van der Waals surface area contributed by atoms with Crippen molar-refractivity contribution in [3.05, 3.63) is 17.5 Å². The zero-order chi connectivity index (χ0) is 8.67.